The van der Waals surface area contributed by atoms with E-state index in [1.165, 1.54) is 17.8 Å². The highest BCUT2D eigenvalue weighted by atomic mass is 19.4. The fourth-order valence-electron chi connectivity index (χ4n) is 8.72. The minimum absolute atomic E-state index is 0.331. The van der Waals surface area contributed by atoms with Gasteiger partial charge in [0, 0.05) is 28.4 Å². The third kappa shape index (κ3) is 5.05. The number of rotatable bonds is 5. The number of nitrogens with zero attached hydrogens (tertiary/aromatic N) is 2. The van der Waals surface area contributed by atoms with Crippen molar-refractivity contribution in [2.45, 2.75) is 18.5 Å². The molecule has 8 aromatic rings. The molecule has 0 atom stereocenters. The minimum atomic E-state index is -4.72. The maximum Gasteiger partial charge on any atom is 0.420 e. The second-order valence-electron chi connectivity index (χ2n) is 14.2. The van der Waals surface area contributed by atoms with E-state index in [0.29, 0.717) is 17.0 Å². The van der Waals surface area contributed by atoms with Crippen LogP contribution in [0.3, 0.4) is 0 Å². The smallest absolute Gasteiger partial charge is 0.339 e. The average molecular weight is 720 g/mol. The molecule has 0 saturated carbocycles. The number of anilines is 1. The molecule has 0 unspecified atom stereocenters. The summed E-state index contributed by atoms with van der Waals surface area (Å²) in [6.07, 6.45) is -3.19. The molecule has 3 nitrogen and oxygen atoms in total. The minimum Gasteiger partial charge on any atom is -0.339 e. The lowest BCUT2D eigenvalue weighted by Gasteiger charge is -2.34. The van der Waals surface area contributed by atoms with Gasteiger partial charge in [-0.25, -0.2) is 9.98 Å². The first kappa shape index (κ1) is 32.8. The summed E-state index contributed by atoms with van der Waals surface area (Å²) in [6.45, 7) is 2.05. The molecule has 0 amide bonds. The molecule has 264 valence electrons. The zero-order chi connectivity index (χ0) is 37.3. The first-order valence-corrected chi connectivity index (χ1v) is 18.2. The van der Waals surface area contributed by atoms with Crippen LogP contribution in [0.4, 0.5) is 24.7 Å². The lowest BCUT2D eigenvalue weighted by atomic mass is 9.67. The summed E-state index contributed by atoms with van der Waals surface area (Å²) >= 11 is 0. The first-order chi connectivity index (χ1) is 26.8. The highest BCUT2D eigenvalue weighted by Crippen LogP contribution is 2.58. The van der Waals surface area contributed by atoms with Crippen molar-refractivity contribution in [1.82, 2.24) is 4.98 Å². The SMILES string of the molecule is Cc1ccc(-c2ccc3c4c(cccc24)N/C3=N\c2ncc(-c3cccc4c3-c3ccccc3C4(c3ccccc3)c3ccccc3)cc2C(F)(F)F)cc1. The molecule has 0 fully saturated rings. The zero-order valence-electron chi connectivity index (χ0n) is 29.7. The standard InChI is InChI=1S/C49H32F3N3/c1-30-22-24-31(25-23-30)35-26-27-39-45-37(35)18-11-21-43(45)54-46(39)55-47-42(49(50,51)52)28-32(29-53-47)36-17-10-20-41-44(36)38-16-8-9-19-40(38)48(41,33-12-4-2-5-13-33)34-14-6-3-7-15-34/h2-29H,1H3,(H,53,54,55). The van der Waals surface area contributed by atoms with Crippen molar-refractivity contribution in [2.24, 2.45) is 4.99 Å². The predicted octanol–water partition coefficient (Wildman–Crippen LogP) is 12.8. The number of alkyl halides is 3. The third-order valence-electron chi connectivity index (χ3n) is 11.1. The number of aromatic nitrogens is 1. The Morgan fingerprint density at radius 3 is 1.95 bits per heavy atom. The van der Waals surface area contributed by atoms with E-state index < -0.39 is 23.0 Å². The zero-order valence-corrected chi connectivity index (χ0v) is 29.7. The average Bonchev–Trinajstić information content (AvgIpc) is 3.73. The summed E-state index contributed by atoms with van der Waals surface area (Å²) < 4.78 is 45.4. The molecule has 1 aliphatic heterocycles. The van der Waals surface area contributed by atoms with Crippen LogP contribution in [0.2, 0.25) is 0 Å². The summed E-state index contributed by atoms with van der Waals surface area (Å²) in [4.78, 5) is 9.07. The van der Waals surface area contributed by atoms with Crippen molar-refractivity contribution in [3.05, 3.63) is 209 Å². The van der Waals surface area contributed by atoms with E-state index >= 15 is 13.2 Å². The van der Waals surface area contributed by atoms with Gasteiger partial charge in [-0.15, -0.1) is 0 Å². The van der Waals surface area contributed by atoms with E-state index in [0.717, 1.165) is 66.5 Å². The van der Waals surface area contributed by atoms with Crippen LogP contribution in [0.1, 0.15) is 38.9 Å². The van der Waals surface area contributed by atoms with Gasteiger partial charge < -0.3 is 5.32 Å². The number of amidine groups is 1. The second kappa shape index (κ2) is 12.4. The molecule has 0 radical (unpaired) electrons. The monoisotopic (exact) mass is 719 g/mol. The maximum absolute atomic E-state index is 15.1. The topological polar surface area (TPSA) is 37.3 Å². The van der Waals surface area contributed by atoms with Gasteiger partial charge in [-0.05, 0) is 80.6 Å². The Morgan fingerprint density at radius 1 is 0.582 bits per heavy atom. The lowest BCUT2D eigenvalue weighted by Crippen LogP contribution is -2.28. The molecule has 1 N–H and O–H groups in total. The van der Waals surface area contributed by atoms with Crippen LogP contribution in [-0.2, 0) is 11.6 Å². The van der Waals surface area contributed by atoms with E-state index in [1.54, 1.807) is 0 Å². The van der Waals surface area contributed by atoms with Crippen molar-refractivity contribution < 1.29 is 13.2 Å². The predicted molar refractivity (Wildman–Crippen MR) is 216 cm³/mol. The molecule has 6 heteroatoms. The largest absolute Gasteiger partial charge is 0.420 e. The molecule has 0 saturated heterocycles. The molecule has 7 aromatic carbocycles. The summed E-state index contributed by atoms with van der Waals surface area (Å²) in [6, 6.07) is 54.2. The van der Waals surface area contributed by atoms with Crippen molar-refractivity contribution in [2.75, 3.05) is 5.32 Å². The molecule has 55 heavy (non-hydrogen) atoms. The fraction of sp³-hybridized carbons (Fsp3) is 0.0612. The Kier molecular flexibility index (Phi) is 7.39. The molecule has 10 rings (SSSR count). The van der Waals surface area contributed by atoms with Crippen LogP contribution in [0.25, 0.3) is 44.2 Å². The van der Waals surface area contributed by atoms with Gasteiger partial charge >= 0.3 is 6.18 Å². The van der Waals surface area contributed by atoms with Gasteiger partial charge in [0.2, 0.25) is 0 Å². The number of aryl methyl sites for hydroxylation is 1. The van der Waals surface area contributed by atoms with Crippen LogP contribution in [0.5, 0.6) is 0 Å². The van der Waals surface area contributed by atoms with Gasteiger partial charge in [0.05, 0.1) is 5.41 Å². The number of aliphatic imine (C=N–C) groups is 1. The summed E-state index contributed by atoms with van der Waals surface area (Å²) in [5, 5.41) is 5.21. The molecule has 1 aliphatic carbocycles. The molecule has 1 aromatic heterocycles. The highest BCUT2D eigenvalue weighted by Gasteiger charge is 2.47. The molecule has 0 spiro atoms. The number of hydrogen-bond donors (Lipinski definition) is 1. The van der Waals surface area contributed by atoms with E-state index in [4.69, 9.17) is 0 Å². The van der Waals surface area contributed by atoms with Crippen LogP contribution >= 0.6 is 0 Å². The summed E-state index contributed by atoms with van der Waals surface area (Å²) in [5.74, 6) is -0.0596. The molecule has 2 heterocycles. The van der Waals surface area contributed by atoms with Crippen molar-refractivity contribution in [1.29, 1.82) is 0 Å². The van der Waals surface area contributed by atoms with E-state index in [9.17, 15) is 0 Å². The van der Waals surface area contributed by atoms with Crippen molar-refractivity contribution in [3.8, 4) is 33.4 Å². The molecule has 2 aliphatic rings. The molecule has 0 bridgehead atoms. The number of fused-ring (bicyclic) bond motifs is 3. The van der Waals surface area contributed by atoms with Gasteiger partial charge in [0.25, 0.3) is 0 Å². The maximum atomic E-state index is 15.1. The van der Waals surface area contributed by atoms with Gasteiger partial charge in [-0.1, -0.05) is 151 Å². The van der Waals surface area contributed by atoms with Crippen LogP contribution in [0.15, 0.2) is 175 Å². The van der Waals surface area contributed by atoms with Gasteiger partial charge in [0.1, 0.15) is 11.4 Å². The number of benzene rings is 7. The van der Waals surface area contributed by atoms with Crippen molar-refractivity contribution in [3.63, 3.8) is 0 Å². The Labute approximate surface area is 316 Å². The van der Waals surface area contributed by atoms with E-state index in [-0.39, 0.29) is 0 Å². The number of halogens is 3. The van der Waals surface area contributed by atoms with Gasteiger partial charge in [-0.2, -0.15) is 13.2 Å². The lowest BCUT2D eigenvalue weighted by molar-refractivity contribution is -0.137. The van der Waals surface area contributed by atoms with Gasteiger partial charge in [0.15, 0.2) is 5.82 Å². The Morgan fingerprint density at radius 2 is 1.22 bits per heavy atom. The number of hydrogen-bond acceptors (Lipinski definition) is 2. The number of pyridine rings is 1. The summed E-state index contributed by atoms with van der Waals surface area (Å²) in [7, 11) is 0. The van der Waals surface area contributed by atoms with Crippen LogP contribution < -0.4 is 5.32 Å². The first-order valence-electron chi connectivity index (χ1n) is 18.2. The number of nitrogens with one attached hydrogen (secondary N) is 1. The summed E-state index contributed by atoms with van der Waals surface area (Å²) in [5.41, 5.74) is 10.4. The fourth-order valence-corrected chi connectivity index (χ4v) is 8.72. The highest BCUT2D eigenvalue weighted by molar-refractivity contribution is 6.28. The second-order valence-corrected chi connectivity index (χ2v) is 14.2. The van der Waals surface area contributed by atoms with Gasteiger partial charge in [-0.3, -0.25) is 0 Å². The Hall–Kier alpha value is -6.79. The van der Waals surface area contributed by atoms with Crippen LogP contribution in [-0.4, -0.2) is 10.8 Å². The molecular weight excluding hydrogens is 688 g/mol. The van der Waals surface area contributed by atoms with E-state index in [2.05, 4.69) is 82.0 Å². The van der Waals surface area contributed by atoms with Crippen molar-refractivity contribution >= 4 is 28.1 Å². The van der Waals surface area contributed by atoms with Crippen LogP contribution in [0, 0.1) is 6.92 Å². The third-order valence-corrected chi connectivity index (χ3v) is 11.1. The van der Waals surface area contributed by atoms with E-state index in [1.807, 2.05) is 97.9 Å². The quantitative estimate of drug-likeness (QED) is 0.192. The molecular formula is C49H32F3N3. The Bertz CT molecular complexity index is 2780. The normalized spacial score (nSPS) is 14.5. The Balaban J connectivity index is 1.13.